The van der Waals surface area contributed by atoms with Crippen molar-refractivity contribution >= 4 is 27.3 Å². The highest BCUT2D eigenvalue weighted by Crippen LogP contribution is 2.34. The Labute approximate surface area is 97.3 Å². The zero-order valence-electron chi connectivity index (χ0n) is 8.40. The van der Waals surface area contributed by atoms with E-state index in [-0.39, 0.29) is 5.92 Å². The van der Waals surface area contributed by atoms with Crippen molar-refractivity contribution in [1.82, 2.24) is 0 Å². The molecule has 1 rings (SSSR count). The van der Waals surface area contributed by atoms with E-state index in [0.717, 1.165) is 10.0 Å². The molecule has 0 aliphatic rings. The summed E-state index contributed by atoms with van der Waals surface area (Å²) in [5.74, 6) is 0.516. The topological polar surface area (TPSA) is 46.2 Å². The number of rotatable bonds is 4. The molecular formula is C10H16BrNOS. The van der Waals surface area contributed by atoms with Crippen molar-refractivity contribution < 1.29 is 5.11 Å². The molecule has 2 unspecified atom stereocenters. The Balaban J connectivity index is 2.83. The van der Waals surface area contributed by atoms with Crippen LogP contribution >= 0.6 is 27.3 Å². The van der Waals surface area contributed by atoms with Gasteiger partial charge >= 0.3 is 0 Å². The Morgan fingerprint density at radius 2 is 2.14 bits per heavy atom. The van der Waals surface area contributed by atoms with Gasteiger partial charge in [-0.3, -0.25) is 0 Å². The van der Waals surface area contributed by atoms with Crippen LogP contribution in [0.4, 0.5) is 0 Å². The number of aliphatic hydroxyl groups excluding tert-OH is 1. The molecule has 2 atom stereocenters. The zero-order valence-corrected chi connectivity index (χ0v) is 10.8. The minimum Gasteiger partial charge on any atom is -0.388 e. The predicted octanol–water partition coefficient (Wildman–Crippen LogP) is 2.77. The van der Waals surface area contributed by atoms with E-state index in [9.17, 15) is 5.11 Å². The van der Waals surface area contributed by atoms with E-state index < -0.39 is 6.10 Å². The van der Waals surface area contributed by atoms with Gasteiger partial charge in [0.25, 0.3) is 0 Å². The average Bonchev–Trinajstić information content (AvgIpc) is 2.51. The highest BCUT2D eigenvalue weighted by molar-refractivity contribution is 9.10. The van der Waals surface area contributed by atoms with Gasteiger partial charge in [-0.05, 0) is 33.8 Å². The third-order valence-corrected chi connectivity index (χ3v) is 4.25. The van der Waals surface area contributed by atoms with Crippen molar-refractivity contribution in [3.05, 3.63) is 20.8 Å². The number of nitrogens with two attached hydrogens (primary N) is 1. The lowest BCUT2D eigenvalue weighted by Crippen LogP contribution is -2.26. The average molecular weight is 278 g/mol. The van der Waals surface area contributed by atoms with Gasteiger partial charge in [0.05, 0.1) is 6.10 Å². The maximum atomic E-state index is 10.1. The van der Waals surface area contributed by atoms with Gasteiger partial charge < -0.3 is 10.8 Å². The van der Waals surface area contributed by atoms with Crippen LogP contribution in [-0.2, 0) is 0 Å². The second-order valence-electron chi connectivity index (χ2n) is 3.76. The van der Waals surface area contributed by atoms with Gasteiger partial charge in [0.2, 0.25) is 0 Å². The molecule has 3 N–H and O–H groups in total. The summed E-state index contributed by atoms with van der Waals surface area (Å²) < 4.78 is 0.981. The van der Waals surface area contributed by atoms with Crippen LogP contribution in [0.5, 0.6) is 0 Å². The second-order valence-corrected chi connectivity index (χ2v) is 5.36. The fourth-order valence-corrected chi connectivity index (χ4v) is 3.06. The van der Waals surface area contributed by atoms with Crippen molar-refractivity contribution in [2.45, 2.75) is 20.0 Å². The monoisotopic (exact) mass is 277 g/mol. The zero-order chi connectivity index (χ0) is 10.7. The van der Waals surface area contributed by atoms with Crippen molar-refractivity contribution in [1.29, 1.82) is 0 Å². The van der Waals surface area contributed by atoms with Crippen LogP contribution in [0, 0.1) is 11.8 Å². The molecule has 0 bridgehead atoms. The second kappa shape index (κ2) is 5.26. The SMILES string of the molecule is CC(C)C(CN)C(O)c1cscc1Br. The molecule has 0 fully saturated rings. The molecule has 0 spiro atoms. The molecule has 80 valence electrons. The highest BCUT2D eigenvalue weighted by atomic mass is 79.9. The minimum atomic E-state index is -0.458. The fraction of sp³-hybridized carbons (Fsp3) is 0.600. The number of thiophene rings is 1. The third kappa shape index (κ3) is 2.57. The van der Waals surface area contributed by atoms with Crippen LogP contribution in [0.25, 0.3) is 0 Å². The largest absolute Gasteiger partial charge is 0.388 e. The molecule has 1 aromatic rings. The normalized spacial score (nSPS) is 15.9. The van der Waals surface area contributed by atoms with E-state index in [2.05, 4.69) is 29.8 Å². The van der Waals surface area contributed by atoms with Crippen molar-refractivity contribution in [3.8, 4) is 0 Å². The van der Waals surface area contributed by atoms with E-state index in [1.165, 1.54) is 0 Å². The molecule has 0 aliphatic carbocycles. The standard InChI is InChI=1S/C10H16BrNOS/c1-6(2)7(3-12)10(13)8-4-14-5-9(8)11/h4-7,10,13H,3,12H2,1-2H3. The molecule has 14 heavy (non-hydrogen) atoms. The van der Waals surface area contributed by atoms with Gasteiger partial charge in [0, 0.05) is 21.3 Å². The predicted molar refractivity (Wildman–Crippen MR) is 64.4 cm³/mol. The molecule has 0 saturated heterocycles. The first kappa shape index (κ1) is 12.2. The maximum absolute atomic E-state index is 10.1. The van der Waals surface area contributed by atoms with Crippen LogP contribution in [-0.4, -0.2) is 11.7 Å². The first-order valence-electron chi connectivity index (χ1n) is 4.67. The van der Waals surface area contributed by atoms with E-state index in [1.807, 2.05) is 10.8 Å². The molecule has 1 heterocycles. The van der Waals surface area contributed by atoms with Gasteiger partial charge in [-0.25, -0.2) is 0 Å². The lowest BCUT2D eigenvalue weighted by atomic mass is 9.88. The van der Waals surface area contributed by atoms with Gasteiger partial charge in [-0.15, -0.1) is 0 Å². The summed E-state index contributed by atoms with van der Waals surface area (Å²) in [4.78, 5) is 0. The molecule has 0 amide bonds. The fourth-order valence-electron chi connectivity index (χ4n) is 1.50. The van der Waals surface area contributed by atoms with Crippen LogP contribution < -0.4 is 5.73 Å². The summed E-state index contributed by atoms with van der Waals surface area (Å²) >= 11 is 5.01. The first-order chi connectivity index (χ1) is 6.57. The van der Waals surface area contributed by atoms with E-state index in [0.29, 0.717) is 12.5 Å². The quantitative estimate of drug-likeness (QED) is 0.889. The van der Waals surface area contributed by atoms with Gasteiger partial charge in [-0.1, -0.05) is 13.8 Å². The van der Waals surface area contributed by atoms with E-state index in [1.54, 1.807) is 11.3 Å². The molecule has 0 aromatic carbocycles. The Bertz CT molecular complexity index is 287. The lowest BCUT2D eigenvalue weighted by molar-refractivity contribution is 0.0859. The highest BCUT2D eigenvalue weighted by Gasteiger charge is 2.24. The first-order valence-corrected chi connectivity index (χ1v) is 6.41. The summed E-state index contributed by atoms with van der Waals surface area (Å²) in [5.41, 5.74) is 6.62. The van der Waals surface area contributed by atoms with E-state index >= 15 is 0 Å². The van der Waals surface area contributed by atoms with Crippen LogP contribution in [0.2, 0.25) is 0 Å². The Morgan fingerprint density at radius 3 is 2.50 bits per heavy atom. The number of halogens is 1. The molecule has 1 aromatic heterocycles. The maximum Gasteiger partial charge on any atom is 0.0851 e. The third-order valence-electron chi connectivity index (χ3n) is 2.49. The van der Waals surface area contributed by atoms with Crippen molar-refractivity contribution in [3.63, 3.8) is 0 Å². The number of aliphatic hydroxyl groups is 1. The number of hydrogen-bond acceptors (Lipinski definition) is 3. The Hall–Kier alpha value is 0.100. The molecular weight excluding hydrogens is 262 g/mol. The molecule has 0 radical (unpaired) electrons. The number of hydrogen-bond donors (Lipinski definition) is 2. The van der Waals surface area contributed by atoms with Crippen molar-refractivity contribution in [2.24, 2.45) is 17.6 Å². The van der Waals surface area contributed by atoms with Gasteiger partial charge in [0.1, 0.15) is 0 Å². The van der Waals surface area contributed by atoms with Crippen LogP contribution in [0.1, 0.15) is 25.5 Å². The molecule has 0 saturated carbocycles. The smallest absolute Gasteiger partial charge is 0.0851 e. The molecule has 2 nitrogen and oxygen atoms in total. The Kier molecular flexibility index (Phi) is 4.57. The summed E-state index contributed by atoms with van der Waals surface area (Å²) in [6, 6.07) is 0. The van der Waals surface area contributed by atoms with Gasteiger partial charge in [0.15, 0.2) is 0 Å². The van der Waals surface area contributed by atoms with Crippen LogP contribution in [0.15, 0.2) is 15.2 Å². The Morgan fingerprint density at radius 1 is 1.50 bits per heavy atom. The molecule has 0 aliphatic heterocycles. The van der Waals surface area contributed by atoms with Gasteiger partial charge in [-0.2, -0.15) is 11.3 Å². The summed E-state index contributed by atoms with van der Waals surface area (Å²) in [5, 5.41) is 14.1. The molecule has 4 heteroatoms. The minimum absolute atomic E-state index is 0.126. The summed E-state index contributed by atoms with van der Waals surface area (Å²) in [6.07, 6.45) is -0.458. The van der Waals surface area contributed by atoms with Crippen molar-refractivity contribution in [2.75, 3.05) is 6.54 Å². The van der Waals surface area contributed by atoms with Crippen LogP contribution in [0.3, 0.4) is 0 Å². The van der Waals surface area contributed by atoms with E-state index in [4.69, 9.17) is 5.73 Å². The summed E-state index contributed by atoms with van der Waals surface area (Å²) in [7, 11) is 0. The lowest BCUT2D eigenvalue weighted by Gasteiger charge is -2.24. The summed E-state index contributed by atoms with van der Waals surface area (Å²) in [6.45, 7) is 4.68.